The second kappa shape index (κ2) is 3.88. The number of hydrogen-bond donors (Lipinski definition) is 2. The number of aromatic carboxylic acids is 1. The van der Waals surface area contributed by atoms with Crippen molar-refractivity contribution < 1.29 is 18.7 Å². The summed E-state index contributed by atoms with van der Waals surface area (Å²) in [6.45, 7) is 0. The molecule has 2 N–H and O–H groups in total. The lowest BCUT2D eigenvalue weighted by Gasteiger charge is -2.01. The quantitative estimate of drug-likeness (QED) is 0.764. The predicted octanol–water partition coefficient (Wildman–Crippen LogP) is 0.882. The molecule has 0 amide bonds. The lowest BCUT2D eigenvalue weighted by atomic mass is 10.1. The summed E-state index contributed by atoms with van der Waals surface area (Å²) in [6.07, 6.45) is -2.46. The van der Waals surface area contributed by atoms with E-state index in [0.717, 1.165) is 0 Å². The molecule has 0 spiro atoms. The highest BCUT2D eigenvalue weighted by atomic mass is 19.3. The van der Waals surface area contributed by atoms with Gasteiger partial charge in [-0.05, 0) is 0 Å². The zero-order valence-electron chi connectivity index (χ0n) is 7.12. The molecule has 0 unspecified atom stereocenters. The number of nitriles is 1. The van der Waals surface area contributed by atoms with Crippen LogP contribution in [0.25, 0.3) is 0 Å². The summed E-state index contributed by atoms with van der Waals surface area (Å²) >= 11 is 0. The van der Waals surface area contributed by atoms with E-state index in [2.05, 4.69) is 0 Å². The summed E-state index contributed by atoms with van der Waals surface area (Å²) in [5, 5.41) is 17.0. The first-order valence-electron chi connectivity index (χ1n) is 3.66. The highest BCUT2D eigenvalue weighted by Gasteiger charge is 2.20. The fraction of sp³-hybridized carbons (Fsp3) is 0.125. The summed E-state index contributed by atoms with van der Waals surface area (Å²) in [5.41, 5.74) is -3.69. The maximum absolute atomic E-state index is 12.2. The SMILES string of the molecule is N#Cc1c(C(=O)O)[nH]cc(C(F)F)c1=O. The molecule has 0 aliphatic heterocycles. The minimum absolute atomic E-state index is 0.595. The summed E-state index contributed by atoms with van der Waals surface area (Å²) in [6, 6.07) is 1.28. The monoisotopic (exact) mass is 214 g/mol. The van der Waals surface area contributed by atoms with Gasteiger partial charge in [0.1, 0.15) is 17.3 Å². The van der Waals surface area contributed by atoms with E-state index in [-0.39, 0.29) is 0 Å². The van der Waals surface area contributed by atoms with Gasteiger partial charge in [-0.2, -0.15) is 5.26 Å². The molecule has 15 heavy (non-hydrogen) atoms. The van der Waals surface area contributed by atoms with Crippen LogP contribution in [0.5, 0.6) is 0 Å². The Labute approximate surface area is 81.6 Å². The summed E-state index contributed by atoms with van der Waals surface area (Å²) < 4.78 is 24.4. The third-order valence-corrected chi connectivity index (χ3v) is 1.67. The fourth-order valence-electron chi connectivity index (χ4n) is 0.983. The standard InChI is InChI=1S/C8H4F2N2O3/c9-7(10)4-2-12-5(8(14)15)3(1-11)6(4)13/h2,7H,(H,12,13)(H,14,15). The van der Waals surface area contributed by atoms with Crippen molar-refractivity contribution in [2.75, 3.05) is 0 Å². The molecule has 1 heterocycles. The normalized spacial score (nSPS) is 10.0. The number of halogens is 2. The molecule has 0 radical (unpaired) electrons. The molecule has 0 atom stereocenters. The van der Waals surface area contributed by atoms with Crippen LogP contribution in [0.3, 0.4) is 0 Å². The maximum atomic E-state index is 12.2. The van der Waals surface area contributed by atoms with Gasteiger partial charge >= 0.3 is 5.97 Å². The predicted molar refractivity (Wildman–Crippen MR) is 43.7 cm³/mol. The van der Waals surface area contributed by atoms with Gasteiger partial charge in [-0.1, -0.05) is 0 Å². The van der Waals surface area contributed by atoms with Crippen molar-refractivity contribution in [1.29, 1.82) is 5.26 Å². The number of H-pyrrole nitrogens is 1. The van der Waals surface area contributed by atoms with E-state index in [1.54, 1.807) is 0 Å². The zero-order chi connectivity index (χ0) is 11.6. The number of nitrogens with zero attached hydrogens (tertiary/aromatic N) is 1. The van der Waals surface area contributed by atoms with Crippen LogP contribution >= 0.6 is 0 Å². The van der Waals surface area contributed by atoms with E-state index in [4.69, 9.17) is 10.4 Å². The number of carboxylic acid groups (broad SMARTS) is 1. The molecule has 5 nitrogen and oxygen atoms in total. The van der Waals surface area contributed by atoms with Crippen molar-refractivity contribution in [3.63, 3.8) is 0 Å². The van der Waals surface area contributed by atoms with Gasteiger partial charge in [0.05, 0.1) is 5.56 Å². The molecule has 0 fully saturated rings. The minimum Gasteiger partial charge on any atom is -0.477 e. The van der Waals surface area contributed by atoms with Crippen LogP contribution in [0.15, 0.2) is 11.0 Å². The second-order valence-corrected chi connectivity index (χ2v) is 2.54. The van der Waals surface area contributed by atoms with Gasteiger partial charge in [0, 0.05) is 6.20 Å². The molecule has 1 aromatic heterocycles. The van der Waals surface area contributed by atoms with Crippen molar-refractivity contribution in [3.05, 3.63) is 33.2 Å². The van der Waals surface area contributed by atoms with Gasteiger partial charge in [0.15, 0.2) is 0 Å². The Morgan fingerprint density at radius 2 is 2.20 bits per heavy atom. The first-order valence-corrected chi connectivity index (χ1v) is 3.66. The second-order valence-electron chi connectivity index (χ2n) is 2.54. The number of rotatable bonds is 2. The lowest BCUT2D eigenvalue weighted by molar-refractivity contribution is 0.0689. The number of hydrogen-bond acceptors (Lipinski definition) is 3. The van der Waals surface area contributed by atoms with Crippen molar-refractivity contribution in [2.24, 2.45) is 0 Å². The van der Waals surface area contributed by atoms with Crippen LogP contribution in [0, 0.1) is 11.3 Å². The van der Waals surface area contributed by atoms with E-state index in [9.17, 15) is 18.4 Å². The van der Waals surface area contributed by atoms with Gasteiger partial charge in [0.2, 0.25) is 5.43 Å². The van der Waals surface area contributed by atoms with Crippen LogP contribution in [-0.2, 0) is 0 Å². The minimum atomic E-state index is -3.05. The number of pyridine rings is 1. The molecule has 0 aromatic carbocycles. The van der Waals surface area contributed by atoms with Crippen molar-refractivity contribution in [3.8, 4) is 6.07 Å². The number of alkyl halides is 2. The van der Waals surface area contributed by atoms with Gasteiger partial charge in [0.25, 0.3) is 6.43 Å². The average molecular weight is 214 g/mol. The molecule has 0 aliphatic carbocycles. The average Bonchev–Trinajstić information content (AvgIpc) is 2.16. The van der Waals surface area contributed by atoms with Crippen LogP contribution in [0.2, 0.25) is 0 Å². The molecular formula is C8H4F2N2O3. The Hall–Kier alpha value is -2.23. The van der Waals surface area contributed by atoms with E-state index in [1.807, 2.05) is 4.98 Å². The van der Waals surface area contributed by atoms with Gasteiger partial charge < -0.3 is 10.1 Å². The third-order valence-electron chi connectivity index (χ3n) is 1.67. The Morgan fingerprint density at radius 3 is 2.60 bits per heavy atom. The molecule has 0 aliphatic rings. The van der Waals surface area contributed by atoms with Gasteiger partial charge in [-0.3, -0.25) is 4.79 Å². The topological polar surface area (TPSA) is 93.9 Å². The Bertz CT molecular complexity index is 502. The van der Waals surface area contributed by atoms with E-state index in [0.29, 0.717) is 6.20 Å². The number of carbonyl (C=O) groups is 1. The summed E-state index contributed by atoms with van der Waals surface area (Å²) in [7, 11) is 0. The maximum Gasteiger partial charge on any atom is 0.353 e. The van der Waals surface area contributed by atoms with Gasteiger partial charge in [-0.25, -0.2) is 13.6 Å². The third kappa shape index (κ3) is 1.83. The molecule has 78 valence electrons. The van der Waals surface area contributed by atoms with Crippen molar-refractivity contribution >= 4 is 5.97 Å². The lowest BCUT2D eigenvalue weighted by Crippen LogP contribution is -2.19. The largest absolute Gasteiger partial charge is 0.477 e. The van der Waals surface area contributed by atoms with Crippen LogP contribution in [0.1, 0.15) is 28.0 Å². The zero-order valence-corrected chi connectivity index (χ0v) is 7.12. The highest BCUT2D eigenvalue weighted by Crippen LogP contribution is 2.14. The molecular weight excluding hydrogens is 210 g/mol. The fourth-order valence-corrected chi connectivity index (χ4v) is 0.983. The highest BCUT2D eigenvalue weighted by molar-refractivity contribution is 5.88. The van der Waals surface area contributed by atoms with Crippen LogP contribution in [0.4, 0.5) is 8.78 Å². The number of aromatic amines is 1. The number of carboxylic acids is 1. The Kier molecular flexibility index (Phi) is 2.80. The first kappa shape index (κ1) is 10.8. The number of aromatic nitrogens is 1. The molecule has 0 saturated heterocycles. The molecule has 1 rings (SSSR count). The van der Waals surface area contributed by atoms with Gasteiger partial charge in [-0.15, -0.1) is 0 Å². The first-order chi connectivity index (χ1) is 6.99. The molecule has 7 heteroatoms. The van der Waals surface area contributed by atoms with E-state index >= 15 is 0 Å². The summed E-state index contributed by atoms with van der Waals surface area (Å²) in [4.78, 5) is 23.7. The van der Waals surface area contributed by atoms with Crippen LogP contribution < -0.4 is 5.43 Å². The van der Waals surface area contributed by atoms with Crippen molar-refractivity contribution in [2.45, 2.75) is 6.43 Å². The van der Waals surface area contributed by atoms with E-state index in [1.165, 1.54) is 6.07 Å². The molecule has 0 saturated carbocycles. The van der Waals surface area contributed by atoms with Crippen LogP contribution in [-0.4, -0.2) is 16.1 Å². The molecule has 1 aromatic rings. The molecule has 0 bridgehead atoms. The summed E-state index contributed by atoms with van der Waals surface area (Å²) in [5.74, 6) is -1.55. The van der Waals surface area contributed by atoms with Crippen molar-refractivity contribution in [1.82, 2.24) is 4.98 Å². The smallest absolute Gasteiger partial charge is 0.353 e. The Morgan fingerprint density at radius 1 is 1.60 bits per heavy atom. The number of nitrogens with one attached hydrogen (secondary N) is 1. The van der Waals surface area contributed by atoms with E-state index < -0.39 is 34.6 Å². The Balaban J connectivity index is 3.56.